The largest absolute Gasteiger partial charge is 0.433 e. The minimum atomic E-state index is -4.71. The maximum Gasteiger partial charge on any atom is 0.433 e. The Hall–Kier alpha value is -3.44. The summed E-state index contributed by atoms with van der Waals surface area (Å²) in [7, 11) is 0. The smallest absolute Gasteiger partial charge is 0.263 e. The van der Waals surface area contributed by atoms with Crippen LogP contribution < -0.4 is 5.43 Å². The molecule has 0 aliphatic carbocycles. The highest BCUT2D eigenvalue weighted by atomic mass is 19.4. The average Bonchev–Trinajstić information content (AvgIpc) is 3.06. The highest BCUT2D eigenvalue weighted by molar-refractivity contribution is 5.77. The first kappa shape index (κ1) is 21.3. The van der Waals surface area contributed by atoms with Gasteiger partial charge < -0.3 is 0 Å². The molecule has 158 valence electrons. The Morgan fingerprint density at radius 3 is 2.37 bits per heavy atom. The Morgan fingerprint density at radius 1 is 1.03 bits per heavy atom. The maximum atomic E-state index is 13.2. The van der Waals surface area contributed by atoms with Crippen molar-refractivity contribution in [1.29, 1.82) is 0 Å². The molecule has 0 amide bonds. The van der Waals surface area contributed by atoms with E-state index in [0.29, 0.717) is 10.2 Å². The summed E-state index contributed by atoms with van der Waals surface area (Å²) in [4.78, 5) is 7.42. The van der Waals surface area contributed by atoms with E-state index in [9.17, 15) is 26.3 Å². The van der Waals surface area contributed by atoms with Crippen molar-refractivity contribution in [3.8, 4) is 11.3 Å². The molecule has 0 bridgehead atoms. The molecule has 3 aromatic rings. The lowest BCUT2D eigenvalue weighted by Crippen LogP contribution is -2.18. The molecule has 12 heteroatoms. The van der Waals surface area contributed by atoms with Gasteiger partial charge in [-0.1, -0.05) is 29.8 Å². The van der Waals surface area contributed by atoms with Crippen LogP contribution >= 0.6 is 0 Å². The molecule has 2 aromatic heterocycles. The molecule has 2 heterocycles. The van der Waals surface area contributed by atoms with Gasteiger partial charge >= 0.3 is 12.4 Å². The van der Waals surface area contributed by atoms with Crippen molar-refractivity contribution >= 4 is 12.2 Å². The first-order chi connectivity index (χ1) is 14.0. The van der Waals surface area contributed by atoms with Crippen LogP contribution in [-0.2, 0) is 12.7 Å². The Balaban J connectivity index is 1.82. The van der Waals surface area contributed by atoms with Gasteiger partial charge in [0.25, 0.3) is 0 Å². The standard InChI is InChI=1S/C18H14F6N6/c1-11-2-4-12(5-3-11)14-8-15(18(22,23)24)27-16(26-14)28-25-9-13-6-7-30(29-13)10-17(19,20)21/h2-9H,10H2,1H3,(H,26,27,28)/b25-9+. The number of benzene rings is 1. The van der Waals surface area contributed by atoms with Crippen molar-refractivity contribution in [2.75, 3.05) is 5.43 Å². The zero-order valence-corrected chi connectivity index (χ0v) is 15.3. The van der Waals surface area contributed by atoms with E-state index in [-0.39, 0.29) is 11.4 Å². The van der Waals surface area contributed by atoms with Crippen LogP contribution in [0.4, 0.5) is 32.3 Å². The maximum absolute atomic E-state index is 13.2. The van der Waals surface area contributed by atoms with Gasteiger partial charge in [-0.3, -0.25) is 4.68 Å². The minimum absolute atomic E-state index is 0.0319. The van der Waals surface area contributed by atoms with E-state index < -0.39 is 30.5 Å². The fourth-order valence-electron chi connectivity index (χ4n) is 2.39. The van der Waals surface area contributed by atoms with Gasteiger partial charge in [0.15, 0.2) is 5.69 Å². The van der Waals surface area contributed by atoms with Gasteiger partial charge in [0.2, 0.25) is 5.95 Å². The Bertz CT molecular complexity index is 1040. The van der Waals surface area contributed by atoms with Gasteiger partial charge in [-0.25, -0.2) is 15.4 Å². The first-order valence-corrected chi connectivity index (χ1v) is 8.42. The van der Waals surface area contributed by atoms with Crippen LogP contribution in [0.2, 0.25) is 0 Å². The quantitative estimate of drug-likeness (QED) is 0.364. The molecule has 0 saturated heterocycles. The molecule has 0 atom stereocenters. The number of nitrogens with zero attached hydrogens (tertiary/aromatic N) is 5. The SMILES string of the molecule is Cc1ccc(-c2cc(C(F)(F)F)nc(N/N=C/c3ccn(CC(F)(F)F)n3)n2)cc1. The number of halogens is 6. The number of anilines is 1. The van der Waals surface area contributed by atoms with Crippen LogP contribution in [-0.4, -0.2) is 32.1 Å². The van der Waals surface area contributed by atoms with Crippen molar-refractivity contribution in [3.63, 3.8) is 0 Å². The third-order valence-electron chi connectivity index (χ3n) is 3.73. The molecular formula is C18H14F6N6. The summed E-state index contributed by atoms with van der Waals surface area (Å²) < 4.78 is 77.3. The molecule has 0 aliphatic rings. The lowest BCUT2D eigenvalue weighted by atomic mass is 10.1. The molecule has 3 rings (SSSR count). The van der Waals surface area contributed by atoms with Gasteiger partial charge in [0, 0.05) is 11.8 Å². The van der Waals surface area contributed by atoms with Gasteiger partial charge in [0.1, 0.15) is 12.2 Å². The van der Waals surface area contributed by atoms with Crippen LogP contribution in [0.1, 0.15) is 17.0 Å². The number of hydrogen-bond donors (Lipinski definition) is 1. The summed E-state index contributed by atoms with van der Waals surface area (Å²) in [5.41, 5.74) is 2.57. The lowest BCUT2D eigenvalue weighted by molar-refractivity contribution is -0.143. The van der Waals surface area contributed by atoms with Gasteiger partial charge in [0.05, 0.1) is 11.9 Å². The molecule has 1 N–H and O–H groups in total. The molecule has 30 heavy (non-hydrogen) atoms. The number of aryl methyl sites for hydroxylation is 1. The summed E-state index contributed by atoms with van der Waals surface area (Å²) in [6.45, 7) is 0.563. The third-order valence-corrected chi connectivity index (χ3v) is 3.73. The monoisotopic (exact) mass is 428 g/mol. The van der Waals surface area contributed by atoms with Crippen molar-refractivity contribution in [1.82, 2.24) is 19.7 Å². The first-order valence-electron chi connectivity index (χ1n) is 8.42. The van der Waals surface area contributed by atoms with Crippen LogP contribution in [0.3, 0.4) is 0 Å². The molecule has 0 saturated carbocycles. The highest BCUT2D eigenvalue weighted by Crippen LogP contribution is 2.31. The van der Waals surface area contributed by atoms with Crippen LogP contribution in [0.25, 0.3) is 11.3 Å². The number of hydrazone groups is 1. The zero-order chi connectivity index (χ0) is 21.9. The Labute approximate surface area is 166 Å². The number of alkyl halides is 6. The van der Waals surface area contributed by atoms with E-state index in [1.54, 1.807) is 24.3 Å². The summed E-state index contributed by atoms with van der Waals surface area (Å²) >= 11 is 0. The number of nitrogens with one attached hydrogen (secondary N) is 1. The van der Waals surface area contributed by atoms with E-state index in [1.807, 2.05) is 6.92 Å². The second kappa shape index (κ2) is 8.13. The molecule has 6 nitrogen and oxygen atoms in total. The second-order valence-electron chi connectivity index (χ2n) is 6.25. The number of rotatable bonds is 5. The normalized spacial score (nSPS) is 12.5. The molecule has 0 unspecified atom stereocenters. The second-order valence-corrected chi connectivity index (χ2v) is 6.25. The summed E-state index contributed by atoms with van der Waals surface area (Å²) in [6, 6.07) is 8.79. The Kier molecular flexibility index (Phi) is 5.76. The van der Waals surface area contributed by atoms with Gasteiger partial charge in [-0.05, 0) is 19.1 Å². The Morgan fingerprint density at radius 2 is 1.73 bits per heavy atom. The predicted octanol–water partition coefficient (Wildman–Crippen LogP) is 4.68. The number of aromatic nitrogens is 4. The molecule has 0 radical (unpaired) electrons. The molecular weight excluding hydrogens is 414 g/mol. The van der Waals surface area contributed by atoms with Crippen molar-refractivity contribution < 1.29 is 26.3 Å². The van der Waals surface area contributed by atoms with E-state index in [4.69, 9.17) is 0 Å². The molecule has 1 aromatic carbocycles. The topological polar surface area (TPSA) is 68.0 Å². The van der Waals surface area contributed by atoms with E-state index in [0.717, 1.165) is 24.0 Å². The third kappa shape index (κ3) is 5.78. The average molecular weight is 428 g/mol. The highest BCUT2D eigenvalue weighted by Gasteiger charge is 2.34. The summed E-state index contributed by atoms with van der Waals surface area (Å²) in [6.07, 6.45) is -7.00. The lowest BCUT2D eigenvalue weighted by Gasteiger charge is -2.10. The van der Waals surface area contributed by atoms with Crippen LogP contribution in [0.5, 0.6) is 0 Å². The zero-order valence-electron chi connectivity index (χ0n) is 15.3. The molecule has 0 aliphatic heterocycles. The van der Waals surface area contributed by atoms with Crippen LogP contribution in [0, 0.1) is 6.92 Å². The summed E-state index contributed by atoms with van der Waals surface area (Å²) in [5.74, 6) is -0.425. The fourth-order valence-corrected chi connectivity index (χ4v) is 2.39. The van der Waals surface area contributed by atoms with Crippen LogP contribution in [0.15, 0.2) is 47.7 Å². The van der Waals surface area contributed by atoms with E-state index in [2.05, 4.69) is 25.6 Å². The molecule has 0 spiro atoms. The van der Waals surface area contributed by atoms with E-state index in [1.165, 1.54) is 6.07 Å². The van der Waals surface area contributed by atoms with Crippen molar-refractivity contribution in [2.24, 2.45) is 5.10 Å². The predicted molar refractivity (Wildman–Crippen MR) is 96.7 cm³/mol. The minimum Gasteiger partial charge on any atom is -0.263 e. The van der Waals surface area contributed by atoms with Crippen molar-refractivity contribution in [2.45, 2.75) is 25.8 Å². The fraction of sp³-hybridized carbons (Fsp3) is 0.222. The van der Waals surface area contributed by atoms with Gasteiger partial charge in [-0.15, -0.1) is 0 Å². The van der Waals surface area contributed by atoms with Gasteiger partial charge in [-0.2, -0.15) is 36.5 Å². The number of hydrogen-bond acceptors (Lipinski definition) is 5. The molecule has 0 fully saturated rings. The summed E-state index contributed by atoms with van der Waals surface area (Å²) in [5, 5.41) is 7.31. The van der Waals surface area contributed by atoms with E-state index >= 15 is 0 Å². The van der Waals surface area contributed by atoms with Crippen molar-refractivity contribution in [3.05, 3.63) is 59.5 Å².